The van der Waals surface area contributed by atoms with Crippen molar-refractivity contribution in [3.05, 3.63) is 17.0 Å². The predicted octanol–water partition coefficient (Wildman–Crippen LogP) is 4.01. The highest BCUT2D eigenvalue weighted by atomic mass is 32.1. The zero-order valence-electron chi connectivity index (χ0n) is 9.05. The largest absolute Gasteiger partial charge is 0.391 e. The van der Waals surface area contributed by atoms with Gasteiger partial charge in [-0.1, -0.05) is 13.8 Å². The lowest BCUT2D eigenvalue weighted by atomic mass is 9.73. The Morgan fingerprint density at radius 1 is 1.29 bits per heavy atom. The van der Waals surface area contributed by atoms with E-state index >= 15 is 0 Å². The highest BCUT2D eigenvalue weighted by Gasteiger charge is 2.28. The number of nitrogen functional groups attached to an aromatic ring is 1. The molecule has 0 spiro atoms. The Morgan fingerprint density at radius 2 is 1.93 bits per heavy atom. The molecule has 2 rings (SSSR count). The first kappa shape index (κ1) is 10.0. The summed E-state index contributed by atoms with van der Waals surface area (Å²) >= 11 is 1.77. The molecule has 0 radical (unpaired) electrons. The van der Waals surface area contributed by atoms with Crippen molar-refractivity contribution in [3.63, 3.8) is 0 Å². The van der Waals surface area contributed by atoms with E-state index in [4.69, 9.17) is 5.73 Å². The molecule has 1 aromatic rings. The van der Waals surface area contributed by atoms with Crippen LogP contribution in [0.25, 0.3) is 0 Å². The van der Waals surface area contributed by atoms with E-state index in [2.05, 4.69) is 19.9 Å². The van der Waals surface area contributed by atoms with E-state index in [1.807, 2.05) is 6.07 Å². The van der Waals surface area contributed by atoms with Gasteiger partial charge in [-0.25, -0.2) is 0 Å². The summed E-state index contributed by atoms with van der Waals surface area (Å²) in [5, 5.41) is 0.963. The molecule has 1 fully saturated rings. The highest BCUT2D eigenvalue weighted by molar-refractivity contribution is 7.15. The second-order valence-corrected chi connectivity index (χ2v) is 6.33. The summed E-state index contributed by atoms with van der Waals surface area (Å²) in [4.78, 5) is 1.50. The molecular weight excluding hydrogens is 190 g/mol. The minimum Gasteiger partial charge on any atom is -0.391 e. The number of nitrogens with two attached hydrogens (primary N) is 1. The Bertz CT molecular complexity index is 304. The van der Waals surface area contributed by atoms with E-state index < -0.39 is 0 Å². The van der Waals surface area contributed by atoms with E-state index in [-0.39, 0.29) is 0 Å². The maximum absolute atomic E-state index is 5.76. The second-order valence-electron chi connectivity index (χ2n) is 5.18. The molecule has 0 atom stereocenters. The zero-order valence-corrected chi connectivity index (χ0v) is 9.86. The average Bonchev–Trinajstić information content (AvgIpc) is 2.52. The summed E-state index contributed by atoms with van der Waals surface area (Å²) in [7, 11) is 0. The first-order valence-corrected chi connectivity index (χ1v) is 6.24. The minimum atomic E-state index is 0.569. The summed E-state index contributed by atoms with van der Waals surface area (Å²) in [6.07, 6.45) is 5.39. The predicted molar refractivity (Wildman–Crippen MR) is 63.7 cm³/mol. The maximum atomic E-state index is 5.76. The normalized spacial score (nSPS) is 22.4. The SMILES string of the molecule is CC1(C)CCC(c2ccc(N)s2)CC1. The molecule has 14 heavy (non-hydrogen) atoms. The fraction of sp³-hybridized carbons (Fsp3) is 0.667. The van der Waals surface area contributed by atoms with Crippen LogP contribution in [0.5, 0.6) is 0 Å². The number of anilines is 1. The van der Waals surface area contributed by atoms with Crippen molar-refractivity contribution in [1.29, 1.82) is 0 Å². The van der Waals surface area contributed by atoms with Crippen LogP contribution in [0.4, 0.5) is 5.00 Å². The Morgan fingerprint density at radius 3 is 2.43 bits per heavy atom. The van der Waals surface area contributed by atoms with Crippen molar-refractivity contribution in [2.45, 2.75) is 45.4 Å². The van der Waals surface area contributed by atoms with Gasteiger partial charge in [-0.15, -0.1) is 11.3 Å². The summed E-state index contributed by atoms with van der Waals surface area (Å²) in [6.45, 7) is 4.76. The van der Waals surface area contributed by atoms with Gasteiger partial charge in [0.15, 0.2) is 0 Å². The van der Waals surface area contributed by atoms with Gasteiger partial charge in [0.1, 0.15) is 0 Å². The number of hydrogen-bond acceptors (Lipinski definition) is 2. The van der Waals surface area contributed by atoms with E-state index in [1.54, 1.807) is 11.3 Å². The maximum Gasteiger partial charge on any atom is 0.0859 e. The fourth-order valence-electron chi connectivity index (χ4n) is 2.27. The fourth-order valence-corrected chi connectivity index (χ4v) is 3.22. The molecule has 0 amide bonds. The van der Waals surface area contributed by atoms with Crippen molar-refractivity contribution >= 4 is 16.3 Å². The van der Waals surface area contributed by atoms with Gasteiger partial charge >= 0.3 is 0 Å². The monoisotopic (exact) mass is 209 g/mol. The molecule has 1 aromatic heterocycles. The van der Waals surface area contributed by atoms with E-state index in [0.29, 0.717) is 5.41 Å². The number of rotatable bonds is 1. The lowest BCUT2D eigenvalue weighted by Crippen LogP contribution is -2.19. The molecule has 0 aliphatic heterocycles. The smallest absolute Gasteiger partial charge is 0.0859 e. The van der Waals surface area contributed by atoms with Gasteiger partial charge in [0.05, 0.1) is 5.00 Å². The Hall–Kier alpha value is -0.500. The average molecular weight is 209 g/mol. The van der Waals surface area contributed by atoms with E-state index in [1.165, 1.54) is 30.6 Å². The van der Waals surface area contributed by atoms with Crippen LogP contribution in [0.1, 0.15) is 50.3 Å². The topological polar surface area (TPSA) is 26.0 Å². The first-order valence-electron chi connectivity index (χ1n) is 5.42. The van der Waals surface area contributed by atoms with E-state index in [9.17, 15) is 0 Å². The van der Waals surface area contributed by atoms with Crippen LogP contribution < -0.4 is 5.73 Å². The molecule has 0 unspecified atom stereocenters. The van der Waals surface area contributed by atoms with Crippen LogP contribution in [0, 0.1) is 5.41 Å². The number of thiophene rings is 1. The molecule has 1 aliphatic carbocycles. The van der Waals surface area contributed by atoms with Crippen LogP contribution in [-0.4, -0.2) is 0 Å². The molecule has 1 aliphatic rings. The van der Waals surface area contributed by atoms with E-state index in [0.717, 1.165) is 10.9 Å². The lowest BCUT2D eigenvalue weighted by molar-refractivity contribution is 0.226. The van der Waals surface area contributed by atoms with Crippen LogP contribution >= 0.6 is 11.3 Å². The van der Waals surface area contributed by atoms with Crippen LogP contribution in [0.2, 0.25) is 0 Å². The third-order valence-corrected chi connectivity index (χ3v) is 4.47. The third-order valence-electron chi connectivity index (χ3n) is 3.39. The van der Waals surface area contributed by atoms with Gasteiger partial charge < -0.3 is 5.73 Å². The molecule has 1 saturated carbocycles. The summed E-state index contributed by atoms with van der Waals surface area (Å²) in [6, 6.07) is 4.25. The first-order chi connectivity index (χ1) is 6.57. The van der Waals surface area contributed by atoms with Gasteiger partial charge in [-0.05, 0) is 49.1 Å². The summed E-state index contributed by atoms with van der Waals surface area (Å²) in [5.74, 6) is 0.783. The van der Waals surface area contributed by atoms with Gasteiger partial charge in [0.2, 0.25) is 0 Å². The van der Waals surface area contributed by atoms with Gasteiger partial charge in [-0.3, -0.25) is 0 Å². The Kier molecular flexibility index (Phi) is 2.56. The second kappa shape index (κ2) is 3.58. The molecule has 0 aromatic carbocycles. The van der Waals surface area contributed by atoms with Gasteiger partial charge in [-0.2, -0.15) is 0 Å². The standard InChI is InChI=1S/C12H19NS/c1-12(2)7-5-9(6-8-12)10-3-4-11(13)14-10/h3-4,9H,5-8,13H2,1-2H3. The molecule has 2 N–H and O–H groups in total. The van der Waals surface area contributed by atoms with Crippen LogP contribution in [0.15, 0.2) is 12.1 Å². The Labute approximate surface area is 90.3 Å². The third kappa shape index (κ3) is 2.11. The molecular formula is C12H19NS. The van der Waals surface area contributed by atoms with Crippen LogP contribution in [-0.2, 0) is 0 Å². The molecule has 0 saturated heterocycles. The van der Waals surface area contributed by atoms with Crippen molar-refractivity contribution in [1.82, 2.24) is 0 Å². The van der Waals surface area contributed by atoms with Crippen molar-refractivity contribution in [2.24, 2.45) is 5.41 Å². The Balaban J connectivity index is 2.02. The molecule has 78 valence electrons. The van der Waals surface area contributed by atoms with Crippen molar-refractivity contribution in [3.8, 4) is 0 Å². The quantitative estimate of drug-likeness (QED) is 0.743. The number of hydrogen-bond donors (Lipinski definition) is 1. The highest BCUT2D eigenvalue weighted by Crippen LogP contribution is 2.44. The van der Waals surface area contributed by atoms with Gasteiger partial charge in [0.25, 0.3) is 0 Å². The minimum absolute atomic E-state index is 0.569. The molecule has 1 heterocycles. The summed E-state index contributed by atoms with van der Waals surface area (Å²) < 4.78 is 0. The van der Waals surface area contributed by atoms with Gasteiger partial charge in [0, 0.05) is 4.88 Å². The lowest BCUT2D eigenvalue weighted by Gasteiger charge is -2.33. The molecule has 1 nitrogen and oxygen atoms in total. The van der Waals surface area contributed by atoms with Crippen LogP contribution in [0.3, 0.4) is 0 Å². The van der Waals surface area contributed by atoms with Crippen molar-refractivity contribution in [2.75, 3.05) is 5.73 Å². The zero-order chi connectivity index (χ0) is 10.2. The summed E-state index contributed by atoms with van der Waals surface area (Å²) in [5.41, 5.74) is 6.33. The molecule has 2 heteroatoms. The molecule has 0 bridgehead atoms. The van der Waals surface area contributed by atoms with Crippen molar-refractivity contribution < 1.29 is 0 Å².